The number of hydrogen-bond donors (Lipinski definition) is 2. The van der Waals surface area contributed by atoms with Gasteiger partial charge in [0.2, 0.25) is 0 Å². The molecule has 1 aliphatic rings. The van der Waals surface area contributed by atoms with Crippen molar-refractivity contribution in [1.82, 2.24) is 9.97 Å². The summed E-state index contributed by atoms with van der Waals surface area (Å²) in [6.45, 7) is 0. The Hall–Kier alpha value is -2.56. The van der Waals surface area contributed by atoms with Gasteiger partial charge < -0.3 is 10.6 Å². The zero-order valence-electron chi connectivity index (χ0n) is 16.4. The van der Waals surface area contributed by atoms with E-state index in [4.69, 9.17) is 23.2 Å². The second-order valence-electron chi connectivity index (χ2n) is 7.88. The maximum Gasteiger partial charge on any atom is 0.0737 e. The molecule has 4 aromatic rings. The highest BCUT2D eigenvalue weighted by molar-refractivity contribution is 6.31. The number of nitrogens with one attached hydrogen (secondary N) is 2. The highest BCUT2D eigenvalue weighted by Crippen LogP contribution is 2.31. The first-order valence-electron chi connectivity index (χ1n) is 10.3. The van der Waals surface area contributed by atoms with E-state index in [0.717, 1.165) is 58.9 Å². The van der Waals surface area contributed by atoms with Crippen molar-refractivity contribution in [2.45, 2.75) is 37.8 Å². The molecule has 0 atom stereocenters. The van der Waals surface area contributed by atoms with E-state index in [2.05, 4.69) is 32.7 Å². The molecule has 0 bridgehead atoms. The number of hydrogen-bond acceptors (Lipinski definition) is 4. The lowest BCUT2D eigenvalue weighted by Gasteiger charge is -2.31. The summed E-state index contributed by atoms with van der Waals surface area (Å²) in [6, 6.07) is 16.8. The van der Waals surface area contributed by atoms with Gasteiger partial charge in [0.15, 0.2) is 0 Å². The average molecular weight is 437 g/mol. The van der Waals surface area contributed by atoms with Crippen LogP contribution < -0.4 is 10.6 Å². The smallest absolute Gasteiger partial charge is 0.0737 e. The van der Waals surface area contributed by atoms with Gasteiger partial charge in [-0.25, -0.2) is 0 Å². The van der Waals surface area contributed by atoms with Crippen LogP contribution >= 0.6 is 23.2 Å². The number of rotatable bonds is 4. The normalized spacial score (nSPS) is 19.1. The molecule has 1 aliphatic carbocycles. The third kappa shape index (κ3) is 4.03. The van der Waals surface area contributed by atoms with Gasteiger partial charge >= 0.3 is 0 Å². The van der Waals surface area contributed by atoms with E-state index in [-0.39, 0.29) is 0 Å². The van der Waals surface area contributed by atoms with Crippen LogP contribution in [0.25, 0.3) is 21.8 Å². The van der Waals surface area contributed by atoms with Crippen molar-refractivity contribution in [1.29, 1.82) is 0 Å². The van der Waals surface area contributed by atoms with Crippen molar-refractivity contribution in [3.05, 3.63) is 71.0 Å². The molecule has 2 aromatic carbocycles. The van der Waals surface area contributed by atoms with Gasteiger partial charge in [-0.1, -0.05) is 23.2 Å². The summed E-state index contributed by atoms with van der Waals surface area (Å²) in [4.78, 5) is 8.87. The highest BCUT2D eigenvalue weighted by atomic mass is 35.5. The molecule has 4 nitrogen and oxygen atoms in total. The molecule has 0 saturated heterocycles. The number of benzene rings is 2. The minimum Gasteiger partial charge on any atom is -0.382 e. The fraction of sp³-hybridized carbons (Fsp3) is 0.250. The predicted molar refractivity (Wildman–Crippen MR) is 127 cm³/mol. The summed E-state index contributed by atoms with van der Waals surface area (Å²) in [7, 11) is 0. The van der Waals surface area contributed by atoms with Crippen LogP contribution in [0, 0.1) is 0 Å². The Kier molecular flexibility index (Phi) is 5.36. The molecule has 0 unspecified atom stereocenters. The molecule has 0 aliphatic heterocycles. The molecular weight excluding hydrogens is 415 g/mol. The molecule has 2 heterocycles. The van der Waals surface area contributed by atoms with Crippen LogP contribution in [0.3, 0.4) is 0 Å². The predicted octanol–water partition coefficient (Wildman–Crippen LogP) is 6.93. The van der Waals surface area contributed by atoms with Gasteiger partial charge in [0.25, 0.3) is 0 Å². The fourth-order valence-electron chi connectivity index (χ4n) is 4.32. The molecule has 1 fully saturated rings. The first kappa shape index (κ1) is 19.4. The monoisotopic (exact) mass is 436 g/mol. The average Bonchev–Trinajstić information content (AvgIpc) is 2.75. The molecule has 0 radical (unpaired) electrons. The van der Waals surface area contributed by atoms with Crippen molar-refractivity contribution in [3.63, 3.8) is 0 Å². The fourth-order valence-corrected chi connectivity index (χ4v) is 4.65. The van der Waals surface area contributed by atoms with Crippen molar-refractivity contribution >= 4 is 56.4 Å². The number of pyridine rings is 2. The molecule has 2 N–H and O–H groups in total. The molecule has 5 rings (SSSR count). The van der Waals surface area contributed by atoms with E-state index >= 15 is 0 Å². The van der Waals surface area contributed by atoms with Crippen molar-refractivity contribution in [2.75, 3.05) is 10.6 Å². The van der Waals surface area contributed by atoms with E-state index in [1.54, 1.807) is 0 Å². The molecule has 1 saturated carbocycles. The topological polar surface area (TPSA) is 49.8 Å². The molecule has 6 heteroatoms. The minimum atomic E-state index is 0.456. The van der Waals surface area contributed by atoms with Gasteiger partial charge in [-0.3, -0.25) is 9.97 Å². The van der Waals surface area contributed by atoms with E-state index in [1.165, 1.54) is 0 Å². The lowest BCUT2D eigenvalue weighted by molar-refractivity contribution is 0.429. The number of nitrogens with zero attached hydrogens (tertiary/aromatic N) is 2. The Balaban J connectivity index is 1.25. The second-order valence-corrected chi connectivity index (χ2v) is 8.75. The number of anilines is 2. The summed E-state index contributed by atoms with van der Waals surface area (Å²) < 4.78 is 0. The van der Waals surface area contributed by atoms with Crippen LogP contribution in [0.2, 0.25) is 10.0 Å². The Bertz CT molecular complexity index is 1110. The first-order valence-corrected chi connectivity index (χ1v) is 11.0. The number of fused-ring (bicyclic) bond motifs is 2. The van der Waals surface area contributed by atoms with Gasteiger partial charge in [-0.05, 0) is 74.2 Å². The summed E-state index contributed by atoms with van der Waals surface area (Å²) in [6.07, 6.45) is 8.14. The minimum absolute atomic E-state index is 0.456. The molecular formula is C24H22Cl2N4. The van der Waals surface area contributed by atoms with Crippen LogP contribution in [-0.2, 0) is 0 Å². The van der Waals surface area contributed by atoms with Crippen molar-refractivity contribution < 1.29 is 0 Å². The van der Waals surface area contributed by atoms with Crippen LogP contribution in [0.1, 0.15) is 25.7 Å². The first-order chi connectivity index (χ1) is 14.7. The molecule has 30 heavy (non-hydrogen) atoms. The zero-order chi connectivity index (χ0) is 20.5. The van der Waals surface area contributed by atoms with Crippen LogP contribution in [0.15, 0.2) is 60.9 Å². The summed E-state index contributed by atoms with van der Waals surface area (Å²) in [5.74, 6) is 0. The molecule has 152 valence electrons. The lowest BCUT2D eigenvalue weighted by Crippen LogP contribution is -2.32. The quantitative estimate of drug-likeness (QED) is 0.364. The van der Waals surface area contributed by atoms with Gasteiger partial charge in [0.05, 0.1) is 11.0 Å². The molecule has 0 amide bonds. The standard InChI is InChI=1S/C24H22Cl2N4/c25-15-1-7-19-21(9-11-27-23(19)13-15)29-17-3-5-18(6-4-17)30-22-10-12-28-24-14-16(26)2-8-20(22)24/h1-2,7-14,17-18H,3-6H2,(H,27,29)(H,28,30). The molecule has 0 spiro atoms. The van der Waals surface area contributed by atoms with Crippen molar-refractivity contribution in [2.24, 2.45) is 0 Å². The third-order valence-electron chi connectivity index (χ3n) is 5.86. The van der Waals surface area contributed by atoms with Gasteiger partial charge in [0.1, 0.15) is 0 Å². The Labute approximate surface area is 185 Å². The van der Waals surface area contributed by atoms with E-state index < -0.39 is 0 Å². The summed E-state index contributed by atoms with van der Waals surface area (Å²) in [5.41, 5.74) is 4.11. The Morgan fingerprint density at radius 2 is 1.07 bits per heavy atom. The Morgan fingerprint density at radius 3 is 1.50 bits per heavy atom. The number of aromatic nitrogens is 2. The highest BCUT2D eigenvalue weighted by Gasteiger charge is 2.22. The van der Waals surface area contributed by atoms with Crippen LogP contribution in [0.4, 0.5) is 11.4 Å². The second kappa shape index (κ2) is 8.29. The Morgan fingerprint density at radius 1 is 0.633 bits per heavy atom. The maximum atomic E-state index is 6.11. The SMILES string of the molecule is Clc1ccc2c(NC3CCC(Nc4ccnc5cc(Cl)ccc45)CC3)ccnc2c1. The largest absolute Gasteiger partial charge is 0.382 e. The lowest BCUT2D eigenvalue weighted by atomic mass is 9.90. The van der Waals surface area contributed by atoms with Gasteiger partial charge in [-0.15, -0.1) is 0 Å². The molecule has 2 aromatic heterocycles. The van der Waals surface area contributed by atoms with E-state index in [9.17, 15) is 0 Å². The van der Waals surface area contributed by atoms with Crippen LogP contribution in [0.5, 0.6) is 0 Å². The van der Waals surface area contributed by atoms with Crippen molar-refractivity contribution in [3.8, 4) is 0 Å². The van der Waals surface area contributed by atoms with E-state index in [1.807, 2.05) is 48.8 Å². The summed E-state index contributed by atoms with van der Waals surface area (Å²) >= 11 is 12.2. The van der Waals surface area contributed by atoms with Gasteiger partial charge in [0, 0.05) is 56.7 Å². The maximum absolute atomic E-state index is 6.11. The van der Waals surface area contributed by atoms with Crippen LogP contribution in [-0.4, -0.2) is 22.1 Å². The number of halogens is 2. The third-order valence-corrected chi connectivity index (χ3v) is 6.33. The summed E-state index contributed by atoms with van der Waals surface area (Å²) in [5, 5.41) is 11.1. The van der Waals surface area contributed by atoms with Gasteiger partial charge in [-0.2, -0.15) is 0 Å². The van der Waals surface area contributed by atoms with E-state index in [0.29, 0.717) is 22.1 Å². The zero-order valence-corrected chi connectivity index (χ0v) is 17.9.